The molecule has 4 heteroatoms. The molecule has 0 aliphatic rings. The Morgan fingerprint density at radius 1 is 1.35 bits per heavy atom. The predicted octanol–water partition coefficient (Wildman–Crippen LogP) is 0.620. The highest BCUT2D eigenvalue weighted by atomic mass is 16.3. The van der Waals surface area contributed by atoms with Gasteiger partial charge in [-0.15, -0.1) is 0 Å². The summed E-state index contributed by atoms with van der Waals surface area (Å²) >= 11 is 0. The van der Waals surface area contributed by atoms with Crippen molar-refractivity contribution < 1.29 is 9.90 Å². The average Bonchev–Trinajstić information content (AvgIpc) is 2.30. The molecule has 0 saturated heterocycles. The largest absolute Gasteiger partial charge is 0.384 e. The van der Waals surface area contributed by atoms with Crippen LogP contribution in [0.5, 0.6) is 0 Å². The van der Waals surface area contributed by atoms with Crippen molar-refractivity contribution >= 4 is 5.91 Å². The lowest BCUT2D eigenvalue weighted by Crippen LogP contribution is -2.40. The molecule has 0 aliphatic carbocycles. The highest BCUT2D eigenvalue weighted by Crippen LogP contribution is 2.18. The number of rotatable bonds is 6. The van der Waals surface area contributed by atoms with Gasteiger partial charge in [-0.1, -0.05) is 30.3 Å². The Bertz CT molecular complexity index is 350. The summed E-state index contributed by atoms with van der Waals surface area (Å²) < 4.78 is 0. The van der Waals surface area contributed by atoms with Crippen molar-refractivity contribution in [1.29, 1.82) is 0 Å². The number of hydrogen-bond acceptors (Lipinski definition) is 3. The summed E-state index contributed by atoms with van der Waals surface area (Å²) in [5.74, 6) is -0.0589. The summed E-state index contributed by atoms with van der Waals surface area (Å²) in [5.41, 5.74) is -0.128. The Morgan fingerprint density at radius 3 is 2.59 bits per heavy atom. The molecule has 0 saturated carbocycles. The first-order valence-electron chi connectivity index (χ1n) is 5.81. The van der Waals surface area contributed by atoms with Crippen LogP contribution in [0.1, 0.15) is 19.4 Å². The van der Waals surface area contributed by atoms with Crippen LogP contribution in [0, 0.1) is 0 Å². The lowest BCUT2D eigenvalue weighted by atomic mass is 9.96. The number of carbonyl (C=O) groups is 1. The van der Waals surface area contributed by atoms with E-state index < -0.39 is 5.60 Å². The van der Waals surface area contributed by atoms with E-state index in [0.717, 1.165) is 5.56 Å². The van der Waals surface area contributed by atoms with Crippen molar-refractivity contribution in [2.45, 2.75) is 19.4 Å². The van der Waals surface area contributed by atoms with Crippen LogP contribution in [0.25, 0.3) is 0 Å². The first kappa shape index (κ1) is 13.7. The predicted molar refractivity (Wildman–Crippen MR) is 67.6 cm³/mol. The summed E-state index contributed by atoms with van der Waals surface area (Å²) in [6, 6.07) is 9.41. The third-order valence-corrected chi connectivity index (χ3v) is 2.52. The molecular weight excluding hydrogens is 216 g/mol. The highest BCUT2D eigenvalue weighted by Gasteiger charge is 2.22. The van der Waals surface area contributed by atoms with E-state index in [9.17, 15) is 9.90 Å². The van der Waals surface area contributed by atoms with Gasteiger partial charge in [0.1, 0.15) is 0 Å². The smallest absolute Gasteiger partial charge is 0.233 e. The van der Waals surface area contributed by atoms with Gasteiger partial charge < -0.3 is 15.7 Å². The average molecular weight is 236 g/mol. The molecule has 1 amide bonds. The van der Waals surface area contributed by atoms with Gasteiger partial charge in [-0.05, 0) is 19.4 Å². The second kappa shape index (κ2) is 6.37. The minimum Gasteiger partial charge on any atom is -0.384 e. The first-order chi connectivity index (χ1) is 8.06. The van der Waals surface area contributed by atoms with Gasteiger partial charge in [0.15, 0.2) is 0 Å². The van der Waals surface area contributed by atoms with Crippen molar-refractivity contribution in [2.24, 2.45) is 0 Å². The van der Waals surface area contributed by atoms with Crippen LogP contribution in [-0.4, -0.2) is 30.6 Å². The van der Waals surface area contributed by atoms with Gasteiger partial charge in [0.05, 0.1) is 12.1 Å². The monoisotopic (exact) mass is 236 g/mol. The molecule has 0 aliphatic heterocycles. The normalized spacial score (nSPS) is 14.1. The van der Waals surface area contributed by atoms with E-state index in [1.165, 1.54) is 0 Å². The molecule has 0 bridgehead atoms. The Hall–Kier alpha value is -1.39. The maximum atomic E-state index is 11.2. The zero-order valence-corrected chi connectivity index (χ0v) is 10.4. The molecule has 17 heavy (non-hydrogen) atoms. The quantitative estimate of drug-likeness (QED) is 0.678. The fourth-order valence-corrected chi connectivity index (χ4v) is 1.58. The molecule has 0 radical (unpaired) electrons. The van der Waals surface area contributed by atoms with Gasteiger partial charge in [-0.3, -0.25) is 4.79 Å². The molecule has 0 aromatic heterocycles. The molecule has 0 heterocycles. The van der Waals surface area contributed by atoms with Crippen molar-refractivity contribution in [3.8, 4) is 0 Å². The molecule has 1 aromatic rings. The van der Waals surface area contributed by atoms with Crippen molar-refractivity contribution in [1.82, 2.24) is 10.6 Å². The second-order valence-electron chi connectivity index (χ2n) is 4.20. The molecule has 4 nitrogen and oxygen atoms in total. The number of nitrogens with one attached hydrogen (secondary N) is 2. The second-order valence-corrected chi connectivity index (χ2v) is 4.20. The highest BCUT2D eigenvalue weighted by molar-refractivity contribution is 5.77. The number of aliphatic hydroxyl groups is 1. The van der Waals surface area contributed by atoms with E-state index in [1.54, 1.807) is 6.92 Å². The lowest BCUT2D eigenvalue weighted by molar-refractivity contribution is -0.120. The minimum absolute atomic E-state index is 0.0589. The van der Waals surface area contributed by atoms with E-state index in [-0.39, 0.29) is 12.5 Å². The number of amides is 1. The van der Waals surface area contributed by atoms with Gasteiger partial charge in [0.2, 0.25) is 5.91 Å². The zero-order valence-electron chi connectivity index (χ0n) is 10.4. The Labute approximate surface area is 102 Å². The standard InChI is InChI=1S/C13H20N2O2/c1-3-15-12(16)9-14-10-13(2,17)11-7-5-4-6-8-11/h4-8,14,17H,3,9-10H2,1-2H3,(H,15,16). The van der Waals surface area contributed by atoms with Crippen molar-refractivity contribution in [2.75, 3.05) is 19.6 Å². The summed E-state index contributed by atoms with van der Waals surface area (Å²) in [6.07, 6.45) is 0. The Balaban J connectivity index is 2.43. The maximum absolute atomic E-state index is 11.2. The van der Waals surface area contributed by atoms with Crippen LogP contribution in [0.3, 0.4) is 0 Å². The fourth-order valence-electron chi connectivity index (χ4n) is 1.58. The third-order valence-electron chi connectivity index (χ3n) is 2.52. The number of likely N-dealkylation sites (N-methyl/N-ethyl adjacent to an activating group) is 1. The molecular formula is C13H20N2O2. The van der Waals surface area contributed by atoms with Crippen LogP contribution in [0.2, 0.25) is 0 Å². The molecule has 1 unspecified atom stereocenters. The van der Waals surface area contributed by atoms with E-state index in [0.29, 0.717) is 13.1 Å². The minimum atomic E-state index is -0.965. The van der Waals surface area contributed by atoms with Gasteiger partial charge in [-0.2, -0.15) is 0 Å². The van der Waals surface area contributed by atoms with E-state index in [4.69, 9.17) is 0 Å². The van der Waals surface area contributed by atoms with Crippen LogP contribution in [-0.2, 0) is 10.4 Å². The molecule has 3 N–H and O–H groups in total. The molecule has 1 aromatic carbocycles. The van der Waals surface area contributed by atoms with Crippen molar-refractivity contribution in [3.63, 3.8) is 0 Å². The first-order valence-corrected chi connectivity index (χ1v) is 5.81. The van der Waals surface area contributed by atoms with Gasteiger partial charge in [0.25, 0.3) is 0 Å². The van der Waals surface area contributed by atoms with Crippen LogP contribution in [0.15, 0.2) is 30.3 Å². The lowest BCUT2D eigenvalue weighted by Gasteiger charge is -2.24. The van der Waals surface area contributed by atoms with Gasteiger partial charge >= 0.3 is 0 Å². The molecule has 1 rings (SSSR count). The maximum Gasteiger partial charge on any atom is 0.233 e. The number of hydrogen-bond donors (Lipinski definition) is 3. The molecule has 0 spiro atoms. The van der Waals surface area contributed by atoms with Gasteiger partial charge in [-0.25, -0.2) is 0 Å². The Kier molecular flexibility index (Phi) is 5.12. The molecule has 0 fully saturated rings. The van der Waals surface area contributed by atoms with E-state index in [1.807, 2.05) is 37.3 Å². The summed E-state index contributed by atoms with van der Waals surface area (Å²) in [7, 11) is 0. The third kappa shape index (κ3) is 4.54. The fraction of sp³-hybridized carbons (Fsp3) is 0.462. The van der Waals surface area contributed by atoms with Crippen LogP contribution >= 0.6 is 0 Å². The topological polar surface area (TPSA) is 61.4 Å². The van der Waals surface area contributed by atoms with Crippen LogP contribution in [0.4, 0.5) is 0 Å². The molecule has 94 valence electrons. The molecule has 1 atom stereocenters. The SMILES string of the molecule is CCNC(=O)CNCC(C)(O)c1ccccc1. The van der Waals surface area contributed by atoms with Crippen LogP contribution < -0.4 is 10.6 Å². The van der Waals surface area contributed by atoms with Crippen molar-refractivity contribution in [3.05, 3.63) is 35.9 Å². The summed E-state index contributed by atoms with van der Waals surface area (Å²) in [4.78, 5) is 11.2. The van der Waals surface area contributed by atoms with E-state index in [2.05, 4.69) is 10.6 Å². The summed E-state index contributed by atoms with van der Waals surface area (Å²) in [6.45, 7) is 4.78. The Morgan fingerprint density at radius 2 is 2.00 bits per heavy atom. The zero-order chi connectivity index (χ0) is 12.7. The summed E-state index contributed by atoms with van der Waals surface area (Å²) in [5, 5.41) is 15.9. The van der Waals surface area contributed by atoms with E-state index >= 15 is 0 Å². The number of benzene rings is 1. The van der Waals surface area contributed by atoms with Gasteiger partial charge in [0, 0.05) is 13.1 Å². The number of carbonyl (C=O) groups excluding carboxylic acids is 1.